The van der Waals surface area contributed by atoms with Crippen molar-refractivity contribution < 1.29 is 23.9 Å². The van der Waals surface area contributed by atoms with Gasteiger partial charge in [-0.25, -0.2) is 4.79 Å². The van der Waals surface area contributed by atoms with Crippen molar-refractivity contribution in [2.75, 3.05) is 19.6 Å². The number of rotatable bonds is 7. The number of alkyl carbamates (subject to hydrolysis) is 1. The summed E-state index contributed by atoms with van der Waals surface area (Å²) in [6.07, 6.45) is -0.599. The molecular weight excluding hydrogens is 362 g/mol. The van der Waals surface area contributed by atoms with Gasteiger partial charge in [0.05, 0.1) is 11.1 Å². The van der Waals surface area contributed by atoms with Crippen LogP contribution in [0.4, 0.5) is 4.79 Å². The van der Waals surface area contributed by atoms with Gasteiger partial charge in [0.1, 0.15) is 13.2 Å². The van der Waals surface area contributed by atoms with Crippen molar-refractivity contribution in [3.8, 4) is 0 Å². The van der Waals surface area contributed by atoms with E-state index in [4.69, 9.17) is 4.74 Å². The normalized spacial score (nSPS) is 12.5. The number of amides is 4. The topological polar surface area (TPSA) is 105 Å². The summed E-state index contributed by atoms with van der Waals surface area (Å²) in [4.78, 5) is 48.9. The third-order valence-electron chi connectivity index (χ3n) is 4.11. The Kier molecular flexibility index (Phi) is 6.01. The molecule has 8 nitrogen and oxygen atoms in total. The molecule has 0 aliphatic carbocycles. The summed E-state index contributed by atoms with van der Waals surface area (Å²) in [6, 6.07) is 15.7. The summed E-state index contributed by atoms with van der Waals surface area (Å²) in [6.45, 7) is 0.0769. The lowest BCUT2D eigenvalue weighted by Gasteiger charge is -2.13. The highest BCUT2D eigenvalue weighted by Gasteiger charge is 2.36. The summed E-state index contributed by atoms with van der Waals surface area (Å²) in [5.41, 5.74) is 1.46. The first-order valence-corrected chi connectivity index (χ1v) is 8.72. The summed E-state index contributed by atoms with van der Waals surface area (Å²) < 4.78 is 5.05. The monoisotopic (exact) mass is 381 g/mol. The summed E-state index contributed by atoms with van der Waals surface area (Å²) >= 11 is 0. The summed E-state index contributed by atoms with van der Waals surface area (Å²) in [5, 5.41) is 5.06. The second-order valence-electron chi connectivity index (χ2n) is 6.08. The molecule has 2 N–H and O–H groups in total. The Hall–Kier alpha value is -3.68. The molecule has 1 heterocycles. The maximum atomic E-state index is 12.2. The van der Waals surface area contributed by atoms with Gasteiger partial charge in [0.25, 0.3) is 11.8 Å². The van der Waals surface area contributed by atoms with Crippen LogP contribution in [0.25, 0.3) is 0 Å². The van der Waals surface area contributed by atoms with E-state index in [1.54, 1.807) is 24.3 Å². The van der Waals surface area contributed by atoms with Gasteiger partial charge in [0.2, 0.25) is 5.91 Å². The van der Waals surface area contributed by atoms with Gasteiger partial charge < -0.3 is 15.4 Å². The molecule has 0 radical (unpaired) electrons. The zero-order chi connectivity index (χ0) is 19.9. The van der Waals surface area contributed by atoms with Gasteiger partial charge >= 0.3 is 6.09 Å². The first-order chi connectivity index (χ1) is 13.6. The van der Waals surface area contributed by atoms with Crippen LogP contribution in [-0.4, -0.2) is 48.3 Å². The van der Waals surface area contributed by atoms with Gasteiger partial charge in [-0.3, -0.25) is 19.3 Å². The minimum absolute atomic E-state index is 0.141. The van der Waals surface area contributed by atoms with Crippen molar-refractivity contribution in [2.24, 2.45) is 0 Å². The second-order valence-corrected chi connectivity index (χ2v) is 6.08. The zero-order valence-corrected chi connectivity index (χ0v) is 15.0. The molecule has 2 aromatic rings. The summed E-state index contributed by atoms with van der Waals surface area (Å²) in [7, 11) is 0. The van der Waals surface area contributed by atoms with E-state index >= 15 is 0 Å². The standard InChI is InChI=1S/C20H19N3O5/c24-17(12-23-18(25)15-8-4-5-9-16(15)19(23)26)21-10-11-22-20(27)28-13-14-6-2-1-3-7-14/h1-9H,10-13H2,(H,21,24)(H,22,27). The molecule has 1 aliphatic rings. The Bertz CT molecular complexity index is 863. The highest BCUT2D eigenvalue weighted by atomic mass is 16.5. The van der Waals surface area contributed by atoms with E-state index in [2.05, 4.69) is 10.6 Å². The SMILES string of the molecule is O=C(CN1C(=O)c2ccccc2C1=O)NCCNC(=O)OCc1ccccc1. The van der Waals surface area contributed by atoms with Crippen LogP contribution in [-0.2, 0) is 16.1 Å². The largest absolute Gasteiger partial charge is 0.445 e. The number of carbonyl (C=O) groups excluding carboxylic acids is 4. The van der Waals surface area contributed by atoms with Crippen LogP contribution in [0.3, 0.4) is 0 Å². The van der Waals surface area contributed by atoms with Gasteiger partial charge in [0.15, 0.2) is 0 Å². The number of nitrogens with one attached hydrogen (secondary N) is 2. The van der Waals surface area contributed by atoms with Gasteiger partial charge in [-0.05, 0) is 17.7 Å². The lowest BCUT2D eigenvalue weighted by Crippen LogP contribution is -2.42. The van der Waals surface area contributed by atoms with Crippen LogP contribution in [0.15, 0.2) is 54.6 Å². The number of imide groups is 1. The number of ether oxygens (including phenoxy) is 1. The van der Waals surface area contributed by atoms with Crippen molar-refractivity contribution in [3.05, 3.63) is 71.3 Å². The van der Waals surface area contributed by atoms with Crippen molar-refractivity contribution in [3.63, 3.8) is 0 Å². The average molecular weight is 381 g/mol. The molecule has 1 aliphatic heterocycles. The van der Waals surface area contributed by atoms with Crippen molar-refractivity contribution >= 4 is 23.8 Å². The molecule has 0 bridgehead atoms. The van der Waals surface area contributed by atoms with E-state index in [1.807, 2.05) is 30.3 Å². The number of hydrogen-bond donors (Lipinski definition) is 2. The number of nitrogens with zero attached hydrogens (tertiary/aromatic N) is 1. The summed E-state index contributed by atoms with van der Waals surface area (Å²) in [5.74, 6) is -1.47. The van der Waals surface area contributed by atoms with Crippen LogP contribution in [0, 0.1) is 0 Å². The predicted molar refractivity (Wildman–Crippen MR) is 99.4 cm³/mol. The van der Waals surface area contributed by atoms with E-state index in [0.717, 1.165) is 10.5 Å². The number of fused-ring (bicyclic) bond motifs is 1. The van der Waals surface area contributed by atoms with Crippen LogP contribution >= 0.6 is 0 Å². The fourth-order valence-electron chi connectivity index (χ4n) is 2.72. The van der Waals surface area contributed by atoms with E-state index in [-0.39, 0.29) is 26.2 Å². The minimum Gasteiger partial charge on any atom is -0.445 e. The van der Waals surface area contributed by atoms with Gasteiger partial charge in [-0.15, -0.1) is 0 Å². The molecule has 2 aromatic carbocycles. The van der Waals surface area contributed by atoms with Crippen LogP contribution < -0.4 is 10.6 Å². The third kappa shape index (κ3) is 4.53. The van der Waals surface area contributed by atoms with Gasteiger partial charge in [-0.2, -0.15) is 0 Å². The van der Waals surface area contributed by atoms with E-state index in [9.17, 15) is 19.2 Å². The Labute approximate surface area is 161 Å². The Morgan fingerprint density at radius 3 is 2.04 bits per heavy atom. The molecule has 28 heavy (non-hydrogen) atoms. The van der Waals surface area contributed by atoms with Gasteiger partial charge in [-0.1, -0.05) is 42.5 Å². The average Bonchev–Trinajstić information content (AvgIpc) is 2.95. The molecule has 0 aromatic heterocycles. The smallest absolute Gasteiger partial charge is 0.407 e. The fraction of sp³-hybridized carbons (Fsp3) is 0.200. The van der Waals surface area contributed by atoms with E-state index in [1.165, 1.54) is 0 Å². The number of benzene rings is 2. The molecule has 4 amide bonds. The first-order valence-electron chi connectivity index (χ1n) is 8.72. The Morgan fingerprint density at radius 1 is 0.821 bits per heavy atom. The van der Waals surface area contributed by atoms with E-state index < -0.39 is 23.8 Å². The molecule has 0 unspecified atom stereocenters. The van der Waals surface area contributed by atoms with Gasteiger partial charge in [0, 0.05) is 13.1 Å². The van der Waals surface area contributed by atoms with E-state index in [0.29, 0.717) is 11.1 Å². The van der Waals surface area contributed by atoms with Crippen LogP contribution in [0.2, 0.25) is 0 Å². The molecule has 0 saturated carbocycles. The zero-order valence-electron chi connectivity index (χ0n) is 15.0. The molecular formula is C20H19N3O5. The lowest BCUT2D eigenvalue weighted by atomic mass is 10.1. The molecule has 0 spiro atoms. The maximum absolute atomic E-state index is 12.2. The molecule has 144 valence electrons. The van der Waals surface area contributed by atoms with Crippen LogP contribution in [0.1, 0.15) is 26.3 Å². The first kappa shape index (κ1) is 19.1. The minimum atomic E-state index is -0.599. The third-order valence-corrected chi connectivity index (χ3v) is 4.11. The Balaban J connectivity index is 1.36. The quantitative estimate of drug-likeness (QED) is 0.556. The highest BCUT2D eigenvalue weighted by molar-refractivity contribution is 6.22. The molecule has 0 saturated heterocycles. The highest BCUT2D eigenvalue weighted by Crippen LogP contribution is 2.21. The maximum Gasteiger partial charge on any atom is 0.407 e. The fourth-order valence-corrected chi connectivity index (χ4v) is 2.72. The number of hydrogen-bond acceptors (Lipinski definition) is 5. The number of carbonyl (C=O) groups is 4. The van der Waals surface area contributed by atoms with Crippen molar-refractivity contribution in [2.45, 2.75) is 6.61 Å². The predicted octanol–water partition coefficient (Wildman–Crippen LogP) is 1.33. The molecule has 0 fully saturated rings. The second kappa shape index (κ2) is 8.81. The Morgan fingerprint density at radius 2 is 1.39 bits per heavy atom. The molecule has 0 atom stereocenters. The molecule has 3 rings (SSSR count). The van der Waals surface area contributed by atoms with Crippen molar-refractivity contribution in [1.29, 1.82) is 0 Å². The van der Waals surface area contributed by atoms with Crippen molar-refractivity contribution in [1.82, 2.24) is 15.5 Å². The lowest BCUT2D eigenvalue weighted by molar-refractivity contribution is -0.121. The van der Waals surface area contributed by atoms with Crippen LogP contribution in [0.5, 0.6) is 0 Å². The molecule has 8 heteroatoms.